The lowest BCUT2D eigenvalue weighted by Crippen LogP contribution is -2.06. The molecule has 0 saturated heterocycles. The van der Waals surface area contributed by atoms with Crippen LogP contribution >= 0.6 is 12.6 Å². The first kappa shape index (κ1) is 36.1. The predicted octanol–water partition coefficient (Wildman–Crippen LogP) is 13.2. The van der Waals surface area contributed by atoms with Gasteiger partial charge in [0.05, 0.1) is 22.1 Å². The smallest absolute Gasteiger partial charge is 0.238 e. The molecule has 0 amide bonds. The first-order valence-electron chi connectivity index (χ1n) is 18.6. The van der Waals surface area contributed by atoms with Gasteiger partial charge in [-0.1, -0.05) is 161 Å². The topological polar surface area (TPSA) is 48.5 Å². The van der Waals surface area contributed by atoms with E-state index in [0.717, 1.165) is 55.0 Å². The fourth-order valence-corrected chi connectivity index (χ4v) is 7.21. The minimum atomic E-state index is 0.587. The van der Waals surface area contributed by atoms with Gasteiger partial charge < -0.3 is 4.57 Å². The highest BCUT2D eigenvalue weighted by Gasteiger charge is 2.23. The first-order chi connectivity index (χ1) is 26.8. The lowest BCUT2D eigenvalue weighted by molar-refractivity contribution is 0.955. The summed E-state index contributed by atoms with van der Waals surface area (Å²) in [5, 5.41) is 7.08. The van der Waals surface area contributed by atoms with Crippen LogP contribution in [0, 0.1) is 0 Å². The van der Waals surface area contributed by atoms with E-state index in [1.54, 1.807) is 6.26 Å². The summed E-state index contributed by atoms with van der Waals surface area (Å²) in [6.07, 6.45) is 1.69. The van der Waals surface area contributed by atoms with Crippen molar-refractivity contribution in [2.24, 2.45) is 0 Å². The quantitative estimate of drug-likeness (QED) is 0.184. The highest BCUT2D eigenvalue weighted by molar-refractivity contribution is 7.79. The lowest BCUT2D eigenvalue weighted by Gasteiger charge is -2.12. The Morgan fingerprint density at radius 1 is 0.407 bits per heavy atom. The zero-order chi connectivity index (χ0) is 37.6. The molecule has 0 aliphatic heterocycles. The number of para-hydroxylation sites is 2. The molecule has 10 aromatic rings. The van der Waals surface area contributed by atoms with E-state index in [1.807, 2.05) is 64.1 Å². The van der Waals surface area contributed by atoms with Crippen molar-refractivity contribution in [2.75, 3.05) is 6.26 Å². The van der Waals surface area contributed by atoms with Crippen LogP contribution in [0.2, 0.25) is 0 Å². The fourth-order valence-electron chi connectivity index (χ4n) is 7.21. The molecule has 5 nitrogen and oxygen atoms in total. The van der Waals surface area contributed by atoms with Crippen molar-refractivity contribution in [3.05, 3.63) is 164 Å². The molecule has 54 heavy (non-hydrogen) atoms. The first-order valence-corrected chi connectivity index (χ1v) is 19.5. The van der Waals surface area contributed by atoms with Gasteiger partial charge in [0.1, 0.15) is 0 Å². The van der Waals surface area contributed by atoms with Crippen LogP contribution < -0.4 is 0 Å². The minimum absolute atomic E-state index is 0.587. The van der Waals surface area contributed by atoms with Crippen molar-refractivity contribution in [1.82, 2.24) is 24.1 Å². The number of nitrogens with zero attached hydrogens (tertiary/aromatic N) is 5. The molecule has 0 fully saturated rings. The number of benzene rings is 7. The molecule has 0 N–H and O–H groups in total. The van der Waals surface area contributed by atoms with E-state index in [2.05, 4.69) is 149 Å². The maximum Gasteiger partial charge on any atom is 0.238 e. The van der Waals surface area contributed by atoms with E-state index < -0.39 is 0 Å². The average molecular weight is 722 g/mol. The molecule has 0 aliphatic carbocycles. The van der Waals surface area contributed by atoms with Gasteiger partial charge in [0, 0.05) is 38.4 Å². The molecule has 0 atom stereocenters. The Morgan fingerprint density at radius 3 is 1.56 bits per heavy atom. The molecule has 0 radical (unpaired) electrons. The molecule has 0 saturated carbocycles. The molecule has 0 spiro atoms. The molecule has 0 unspecified atom stereocenters. The van der Waals surface area contributed by atoms with Gasteiger partial charge in [-0.25, -0.2) is 4.98 Å². The molecular weight excluding hydrogens is 679 g/mol. The van der Waals surface area contributed by atoms with Gasteiger partial charge in [-0.15, -0.1) is 0 Å². The largest absolute Gasteiger partial charge is 0.309 e. The summed E-state index contributed by atoms with van der Waals surface area (Å²) >= 11 is 3.53. The third kappa shape index (κ3) is 6.29. The Labute approximate surface area is 322 Å². The van der Waals surface area contributed by atoms with Crippen LogP contribution in [0.3, 0.4) is 0 Å². The number of aromatic nitrogens is 5. The molecule has 6 heteroatoms. The second-order valence-electron chi connectivity index (χ2n) is 12.1. The van der Waals surface area contributed by atoms with E-state index in [1.165, 1.54) is 16.2 Å². The van der Waals surface area contributed by atoms with Crippen molar-refractivity contribution in [3.63, 3.8) is 0 Å². The third-order valence-electron chi connectivity index (χ3n) is 9.35. The number of thiol groups is 1. The average Bonchev–Trinajstić information content (AvgIpc) is 3.79. The predicted molar refractivity (Wildman–Crippen MR) is 234 cm³/mol. The summed E-state index contributed by atoms with van der Waals surface area (Å²) in [5.74, 6) is 1.86. The SMILES string of the molecule is CC.CC.CS.c1ccc(-c2nc(-c3ccccc3)nc(-n3c4ccccc4c4ccc5c(c6ccccc6n5-c5ccc6ccccc6c5)c43)n2)cc1. The number of fused-ring (bicyclic) bond motifs is 8. The van der Waals surface area contributed by atoms with Crippen LogP contribution in [0.25, 0.3) is 88.8 Å². The summed E-state index contributed by atoms with van der Waals surface area (Å²) in [6.45, 7) is 8.00. The van der Waals surface area contributed by atoms with Crippen LogP contribution in [-0.2, 0) is 0 Å². The molecule has 3 aromatic heterocycles. The van der Waals surface area contributed by atoms with Gasteiger partial charge in [-0.05, 0) is 47.4 Å². The van der Waals surface area contributed by atoms with Crippen LogP contribution in [0.5, 0.6) is 0 Å². The Bertz CT molecular complexity index is 2780. The molecule has 266 valence electrons. The third-order valence-corrected chi connectivity index (χ3v) is 9.35. The molecular formula is C48H43N5S. The normalized spacial score (nSPS) is 10.8. The maximum atomic E-state index is 5.19. The second kappa shape index (κ2) is 16.2. The van der Waals surface area contributed by atoms with Crippen LogP contribution in [0.15, 0.2) is 164 Å². The number of hydrogen-bond acceptors (Lipinski definition) is 4. The van der Waals surface area contributed by atoms with E-state index in [0.29, 0.717) is 17.6 Å². The van der Waals surface area contributed by atoms with E-state index in [-0.39, 0.29) is 0 Å². The lowest BCUT2D eigenvalue weighted by atomic mass is 10.1. The van der Waals surface area contributed by atoms with E-state index >= 15 is 0 Å². The molecule has 0 bridgehead atoms. The summed E-state index contributed by atoms with van der Waals surface area (Å²) in [5.41, 5.74) is 7.41. The van der Waals surface area contributed by atoms with Gasteiger partial charge >= 0.3 is 0 Å². The van der Waals surface area contributed by atoms with Crippen molar-refractivity contribution in [3.8, 4) is 34.4 Å². The molecule has 0 aliphatic rings. The van der Waals surface area contributed by atoms with Crippen LogP contribution in [0.4, 0.5) is 0 Å². The zero-order valence-corrected chi connectivity index (χ0v) is 32.2. The van der Waals surface area contributed by atoms with Crippen LogP contribution in [0.1, 0.15) is 27.7 Å². The monoisotopic (exact) mass is 721 g/mol. The van der Waals surface area contributed by atoms with Gasteiger partial charge in [0.25, 0.3) is 0 Å². The second-order valence-corrected chi connectivity index (χ2v) is 12.1. The minimum Gasteiger partial charge on any atom is -0.309 e. The van der Waals surface area contributed by atoms with Crippen molar-refractivity contribution in [1.29, 1.82) is 0 Å². The highest BCUT2D eigenvalue weighted by atomic mass is 32.1. The summed E-state index contributed by atoms with van der Waals surface area (Å²) in [4.78, 5) is 15.4. The van der Waals surface area contributed by atoms with Gasteiger partial charge in [-0.2, -0.15) is 22.6 Å². The Hall–Kier alpha value is -6.24. The van der Waals surface area contributed by atoms with E-state index in [4.69, 9.17) is 15.0 Å². The molecule has 3 heterocycles. The van der Waals surface area contributed by atoms with Crippen molar-refractivity contribution < 1.29 is 0 Å². The Kier molecular flexibility index (Phi) is 10.8. The van der Waals surface area contributed by atoms with Crippen LogP contribution in [-0.4, -0.2) is 30.3 Å². The van der Waals surface area contributed by atoms with Crippen molar-refractivity contribution in [2.45, 2.75) is 27.7 Å². The van der Waals surface area contributed by atoms with Crippen molar-refractivity contribution >= 4 is 67.0 Å². The molecule has 7 aromatic carbocycles. The maximum absolute atomic E-state index is 5.19. The fraction of sp³-hybridized carbons (Fsp3) is 0.104. The number of hydrogen-bond donors (Lipinski definition) is 1. The summed E-state index contributed by atoms with van der Waals surface area (Å²) < 4.78 is 4.63. The zero-order valence-electron chi connectivity index (χ0n) is 31.3. The summed E-state index contributed by atoms with van der Waals surface area (Å²) in [6, 6.07) is 57.3. The Balaban J connectivity index is 0.000000717. The van der Waals surface area contributed by atoms with Gasteiger partial charge in [-0.3, -0.25) is 4.57 Å². The van der Waals surface area contributed by atoms with E-state index in [9.17, 15) is 0 Å². The molecule has 10 rings (SSSR count). The van der Waals surface area contributed by atoms with Gasteiger partial charge in [0.15, 0.2) is 11.6 Å². The Morgan fingerprint density at radius 2 is 0.926 bits per heavy atom. The summed E-state index contributed by atoms with van der Waals surface area (Å²) in [7, 11) is 0. The number of rotatable bonds is 4. The highest BCUT2D eigenvalue weighted by Crippen LogP contribution is 2.42. The van der Waals surface area contributed by atoms with Gasteiger partial charge in [0.2, 0.25) is 5.95 Å². The standard InChI is InChI=1S/C43H27N5.2C2H6.CH4S/c1-3-14-29(15-4-1)41-44-42(30-16-5-2-6-17-30)46-43(45-41)48-36-21-11-9-19-33(36)34-25-26-38-39(40(34)48)35-20-10-12-22-37(35)47(38)32-24-23-28-13-7-8-18-31(28)27-32;3*1-2/h1-27H;2*1-2H3;2H,1H3.